The molecule has 0 radical (unpaired) electrons. The van der Waals surface area contributed by atoms with Gasteiger partial charge in [0, 0.05) is 12.1 Å². The quantitative estimate of drug-likeness (QED) is 0.661. The van der Waals surface area contributed by atoms with E-state index in [0.29, 0.717) is 12.3 Å². The Labute approximate surface area is 161 Å². The number of carbonyl (C=O) groups excluding carboxylic acids is 1. The van der Waals surface area contributed by atoms with Crippen LogP contribution in [0.25, 0.3) is 0 Å². The molecule has 2 rings (SSSR count). The zero-order chi connectivity index (χ0) is 19.7. The van der Waals surface area contributed by atoms with E-state index in [4.69, 9.17) is 9.47 Å². The average molecular weight is 371 g/mol. The molecule has 0 aliphatic rings. The molecule has 2 aromatic carbocycles. The van der Waals surface area contributed by atoms with Crippen molar-refractivity contribution < 1.29 is 19.4 Å². The summed E-state index contributed by atoms with van der Waals surface area (Å²) in [6.45, 7) is 5.14. The number of hydrogen-bond donors (Lipinski definition) is 2. The summed E-state index contributed by atoms with van der Waals surface area (Å²) >= 11 is 0. The first-order valence-corrected chi connectivity index (χ1v) is 9.31. The van der Waals surface area contributed by atoms with Crippen molar-refractivity contribution in [1.82, 2.24) is 5.32 Å². The summed E-state index contributed by atoms with van der Waals surface area (Å²) in [5, 5.41) is 12.6. The second-order valence-electron chi connectivity index (χ2n) is 6.78. The van der Waals surface area contributed by atoms with Crippen LogP contribution < -0.4 is 14.8 Å². The van der Waals surface area contributed by atoms with Crippen LogP contribution in [0.2, 0.25) is 0 Å². The van der Waals surface area contributed by atoms with E-state index in [0.717, 1.165) is 24.2 Å². The maximum absolute atomic E-state index is 12.1. The van der Waals surface area contributed by atoms with Crippen molar-refractivity contribution in [2.45, 2.75) is 38.5 Å². The van der Waals surface area contributed by atoms with Gasteiger partial charge < -0.3 is 19.9 Å². The summed E-state index contributed by atoms with van der Waals surface area (Å²) in [6, 6.07) is 14.8. The predicted molar refractivity (Wildman–Crippen MR) is 106 cm³/mol. The van der Waals surface area contributed by atoms with Crippen molar-refractivity contribution in [2.24, 2.45) is 0 Å². The third-order valence-corrected chi connectivity index (χ3v) is 4.99. The number of carbonyl (C=O) groups is 1. The molecule has 0 heterocycles. The summed E-state index contributed by atoms with van der Waals surface area (Å²) in [5.41, 5.74) is 1.08. The Kier molecular flexibility index (Phi) is 7.53. The lowest BCUT2D eigenvalue weighted by Crippen LogP contribution is -2.32. The number of hydrogen-bond acceptors (Lipinski definition) is 4. The van der Waals surface area contributed by atoms with E-state index >= 15 is 0 Å². The SMILES string of the molecule is CC[C@@](C)(CCNC(=O)CCOc1ccccc1O)c1ccccc1OC. The zero-order valence-corrected chi connectivity index (χ0v) is 16.3. The summed E-state index contributed by atoms with van der Waals surface area (Å²) in [7, 11) is 1.68. The van der Waals surface area contributed by atoms with E-state index in [1.165, 1.54) is 0 Å². The van der Waals surface area contributed by atoms with Gasteiger partial charge in [-0.25, -0.2) is 0 Å². The van der Waals surface area contributed by atoms with Crippen LogP contribution in [0.1, 0.15) is 38.7 Å². The summed E-state index contributed by atoms with van der Waals surface area (Å²) in [4.78, 5) is 12.1. The Balaban J connectivity index is 1.81. The molecule has 0 bridgehead atoms. The Morgan fingerprint density at radius 3 is 2.44 bits per heavy atom. The van der Waals surface area contributed by atoms with Crippen LogP contribution in [0.3, 0.4) is 0 Å². The Hall–Kier alpha value is -2.69. The van der Waals surface area contributed by atoms with Gasteiger partial charge in [0.2, 0.25) is 5.91 Å². The van der Waals surface area contributed by atoms with Gasteiger partial charge in [0.1, 0.15) is 5.75 Å². The smallest absolute Gasteiger partial charge is 0.223 e. The van der Waals surface area contributed by atoms with E-state index in [-0.39, 0.29) is 30.1 Å². The zero-order valence-electron chi connectivity index (χ0n) is 16.3. The van der Waals surface area contributed by atoms with Crippen LogP contribution in [-0.2, 0) is 10.2 Å². The molecule has 0 spiro atoms. The summed E-state index contributed by atoms with van der Waals surface area (Å²) in [5.74, 6) is 1.28. The summed E-state index contributed by atoms with van der Waals surface area (Å²) < 4.78 is 10.9. The third kappa shape index (κ3) is 5.64. The van der Waals surface area contributed by atoms with Crippen LogP contribution in [-0.4, -0.2) is 31.3 Å². The maximum Gasteiger partial charge on any atom is 0.223 e. The lowest BCUT2D eigenvalue weighted by Gasteiger charge is -2.30. The van der Waals surface area contributed by atoms with Crippen molar-refractivity contribution in [3.63, 3.8) is 0 Å². The number of benzene rings is 2. The molecule has 1 amide bonds. The molecule has 2 N–H and O–H groups in total. The maximum atomic E-state index is 12.1. The lowest BCUT2D eigenvalue weighted by molar-refractivity contribution is -0.121. The van der Waals surface area contributed by atoms with Gasteiger partial charge in [0.15, 0.2) is 11.5 Å². The Morgan fingerprint density at radius 2 is 1.78 bits per heavy atom. The minimum atomic E-state index is -0.0772. The first kappa shape index (κ1) is 20.6. The average Bonchev–Trinajstić information content (AvgIpc) is 2.69. The van der Waals surface area contributed by atoms with Crippen molar-refractivity contribution in [1.29, 1.82) is 0 Å². The second-order valence-corrected chi connectivity index (χ2v) is 6.78. The van der Waals surface area contributed by atoms with Crippen LogP contribution in [0.5, 0.6) is 17.2 Å². The van der Waals surface area contributed by atoms with Gasteiger partial charge in [0.05, 0.1) is 20.1 Å². The molecule has 1 atom stereocenters. The molecule has 5 heteroatoms. The van der Waals surface area contributed by atoms with Gasteiger partial charge in [0.25, 0.3) is 0 Å². The number of para-hydroxylation sites is 3. The van der Waals surface area contributed by atoms with E-state index < -0.39 is 0 Å². The van der Waals surface area contributed by atoms with Gasteiger partial charge in [-0.2, -0.15) is 0 Å². The van der Waals surface area contributed by atoms with E-state index in [1.807, 2.05) is 18.2 Å². The number of rotatable bonds is 10. The number of aromatic hydroxyl groups is 1. The Bertz CT molecular complexity index is 747. The molecule has 2 aromatic rings. The van der Waals surface area contributed by atoms with Crippen LogP contribution >= 0.6 is 0 Å². The number of ether oxygens (including phenoxy) is 2. The van der Waals surface area contributed by atoms with Crippen LogP contribution in [0.15, 0.2) is 48.5 Å². The molecule has 5 nitrogen and oxygen atoms in total. The largest absolute Gasteiger partial charge is 0.504 e. The number of amides is 1. The van der Waals surface area contributed by atoms with Gasteiger partial charge in [-0.15, -0.1) is 0 Å². The predicted octanol–water partition coefficient (Wildman–Crippen LogP) is 4.04. The molecule has 0 aliphatic carbocycles. The molecule has 0 saturated heterocycles. The van der Waals surface area contributed by atoms with Gasteiger partial charge in [-0.05, 0) is 36.5 Å². The van der Waals surface area contributed by atoms with E-state index in [1.54, 1.807) is 31.4 Å². The highest BCUT2D eigenvalue weighted by molar-refractivity contribution is 5.76. The standard InChI is InChI=1S/C22H29NO4/c1-4-22(2,17-9-5-7-11-19(17)26-3)14-15-23-21(25)13-16-27-20-12-8-6-10-18(20)24/h5-12,24H,4,13-16H2,1-3H3,(H,23,25)/t22-/m0/s1. The lowest BCUT2D eigenvalue weighted by atomic mass is 9.77. The van der Waals surface area contributed by atoms with Gasteiger partial charge in [-0.1, -0.05) is 44.2 Å². The molecule has 27 heavy (non-hydrogen) atoms. The number of nitrogens with one attached hydrogen (secondary N) is 1. The first-order valence-electron chi connectivity index (χ1n) is 9.31. The molecule has 0 aliphatic heterocycles. The highest BCUT2D eigenvalue weighted by Crippen LogP contribution is 2.36. The fraction of sp³-hybridized carbons (Fsp3) is 0.409. The molecule has 0 saturated carbocycles. The first-order chi connectivity index (χ1) is 13.0. The van der Waals surface area contributed by atoms with E-state index in [9.17, 15) is 9.90 Å². The van der Waals surface area contributed by atoms with Crippen LogP contribution in [0, 0.1) is 0 Å². The third-order valence-electron chi connectivity index (χ3n) is 4.99. The molecular formula is C22H29NO4. The number of methoxy groups -OCH3 is 1. The van der Waals surface area contributed by atoms with Crippen molar-refractivity contribution >= 4 is 5.91 Å². The van der Waals surface area contributed by atoms with Crippen molar-refractivity contribution in [3.8, 4) is 17.2 Å². The molecule has 146 valence electrons. The van der Waals surface area contributed by atoms with Crippen molar-refractivity contribution in [3.05, 3.63) is 54.1 Å². The highest BCUT2D eigenvalue weighted by atomic mass is 16.5. The second kappa shape index (κ2) is 9.86. The van der Waals surface area contributed by atoms with Gasteiger partial charge >= 0.3 is 0 Å². The minimum Gasteiger partial charge on any atom is -0.504 e. The topological polar surface area (TPSA) is 67.8 Å². The molecule has 0 fully saturated rings. The summed E-state index contributed by atoms with van der Waals surface area (Å²) in [6.07, 6.45) is 2.00. The normalized spacial score (nSPS) is 12.9. The van der Waals surface area contributed by atoms with E-state index in [2.05, 4.69) is 25.2 Å². The van der Waals surface area contributed by atoms with Gasteiger partial charge in [-0.3, -0.25) is 4.79 Å². The number of phenols is 1. The van der Waals surface area contributed by atoms with Crippen molar-refractivity contribution in [2.75, 3.05) is 20.3 Å². The molecule has 0 unspecified atom stereocenters. The Morgan fingerprint density at radius 1 is 1.11 bits per heavy atom. The fourth-order valence-electron chi connectivity index (χ4n) is 3.04. The fourth-order valence-corrected chi connectivity index (χ4v) is 3.04. The number of phenolic OH excluding ortho intramolecular Hbond substituents is 1. The molecular weight excluding hydrogens is 342 g/mol. The highest BCUT2D eigenvalue weighted by Gasteiger charge is 2.27. The molecule has 0 aromatic heterocycles. The minimum absolute atomic E-state index is 0.0658. The van der Waals surface area contributed by atoms with Crippen LogP contribution in [0.4, 0.5) is 0 Å². The monoisotopic (exact) mass is 371 g/mol.